The smallest absolute Gasteiger partial charge is 0.187 e. The second-order valence-electron chi connectivity index (χ2n) is 4.15. The second-order valence-corrected chi connectivity index (χ2v) is 5.01. The minimum Gasteiger partial charge on any atom is -0.399 e. The van der Waals surface area contributed by atoms with Crippen LogP contribution >= 0.6 is 28.3 Å². The summed E-state index contributed by atoms with van der Waals surface area (Å²) in [6, 6.07) is 17.8. The topological polar surface area (TPSA) is 50.9 Å². The first-order valence-corrected chi connectivity index (χ1v) is 6.83. The van der Waals surface area contributed by atoms with Crippen LogP contribution in [0.15, 0.2) is 60.0 Å². The van der Waals surface area contributed by atoms with Crippen LogP contribution in [-0.4, -0.2) is 4.98 Å². The number of rotatable bonds is 3. The minimum absolute atomic E-state index is 0. The molecule has 0 spiro atoms. The normalized spacial score (nSPS) is 9.80. The SMILES string of the molecule is Br.Nc1ccc(Nc2nc(-c3ccccc3)cs2)cc1. The van der Waals surface area contributed by atoms with E-state index in [-0.39, 0.29) is 17.0 Å². The first-order chi connectivity index (χ1) is 9.31. The predicted octanol–water partition coefficient (Wildman–Crippen LogP) is 4.71. The number of aromatic nitrogens is 1. The lowest BCUT2D eigenvalue weighted by Gasteiger charge is -2.02. The molecule has 3 N–H and O–H groups in total. The van der Waals surface area contributed by atoms with E-state index < -0.39 is 0 Å². The fourth-order valence-corrected chi connectivity index (χ4v) is 2.50. The van der Waals surface area contributed by atoms with Gasteiger partial charge in [-0.2, -0.15) is 0 Å². The van der Waals surface area contributed by atoms with Crippen molar-refractivity contribution in [2.45, 2.75) is 0 Å². The highest BCUT2D eigenvalue weighted by Crippen LogP contribution is 2.27. The molecule has 0 unspecified atom stereocenters. The van der Waals surface area contributed by atoms with Crippen LogP contribution in [0.5, 0.6) is 0 Å². The predicted molar refractivity (Wildman–Crippen MR) is 92.0 cm³/mol. The molecule has 0 aliphatic carbocycles. The highest BCUT2D eigenvalue weighted by molar-refractivity contribution is 8.93. The van der Waals surface area contributed by atoms with Crippen molar-refractivity contribution in [2.24, 2.45) is 0 Å². The minimum atomic E-state index is 0. The van der Waals surface area contributed by atoms with Gasteiger partial charge in [0.05, 0.1) is 5.69 Å². The van der Waals surface area contributed by atoms with Gasteiger partial charge in [0.1, 0.15) is 0 Å². The molecule has 3 rings (SSSR count). The molecule has 0 radical (unpaired) electrons. The molecule has 0 aliphatic rings. The summed E-state index contributed by atoms with van der Waals surface area (Å²) in [6.07, 6.45) is 0. The van der Waals surface area contributed by atoms with Crippen molar-refractivity contribution >= 4 is 44.8 Å². The van der Waals surface area contributed by atoms with Gasteiger partial charge in [0.25, 0.3) is 0 Å². The molecule has 0 fully saturated rings. The summed E-state index contributed by atoms with van der Waals surface area (Å²) in [5, 5.41) is 6.20. The van der Waals surface area contributed by atoms with Crippen molar-refractivity contribution in [3.63, 3.8) is 0 Å². The highest BCUT2D eigenvalue weighted by Gasteiger charge is 2.04. The third-order valence-corrected chi connectivity index (χ3v) is 3.49. The van der Waals surface area contributed by atoms with Crippen LogP contribution < -0.4 is 11.1 Å². The van der Waals surface area contributed by atoms with Crippen LogP contribution in [0.2, 0.25) is 0 Å². The van der Waals surface area contributed by atoms with E-state index in [2.05, 4.69) is 27.8 Å². The maximum atomic E-state index is 5.66. The number of nitrogens with two attached hydrogens (primary N) is 1. The Hall–Kier alpha value is -1.85. The number of hydrogen-bond donors (Lipinski definition) is 2. The van der Waals surface area contributed by atoms with E-state index in [0.717, 1.165) is 27.8 Å². The Kier molecular flexibility index (Phi) is 4.76. The van der Waals surface area contributed by atoms with Gasteiger partial charge in [0.15, 0.2) is 5.13 Å². The fraction of sp³-hybridized carbons (Fsp3) is 0. The zero-order valence-corrected chi connectivity index (χ0v) is 13.1. The molecule has 0 aliphatic heterocycles. The molecule has 1 aromatic heterocycles. The highest BCUT2D eigenvalue weighted by atomic mass is 79.9. The molecule has 0 amide bonds. The molecule has 0 saturated carbocycles. The molecule has 3 aromatic rings. The van der Waals surface area contributed by atoms with E-state index in [9.17, 15) is 0 Å². The van der Waals surface area contributed by atoms with E-state index >= 15 is 0 Å². The molecular formula is C15H14BrN3S. The molecule has 5 heteroatoms. The Balaban J connectivity index is 0.00000147. The van der Waals surface area contributed by atoms with Crippen LogP contribution in [0, 0.1) is 0 Å². The number of nitrogens with one attached hydrogen (secondary N) is 1. The average Bonchev–Trinajstić information content (AvgIpc) is 2.91. The lowest BCUT2D eigenvalue weighted by Crippen LogP contribution is -1.90. The van der Waals surface area contributed by atoms with Crippen LogP contribution in [0.4, 0.5) is 16.5 Å². The summed E-state index contributed by atoms with van der Waals surface area (Å²) in [4.78, 5) is 4.57. The summed E-state index contributed by atoms with van der Waals surface area (Å²) in [6.45, 7) is 0. The van der Waals surface area contributed by atoms with Gasteiger partial charge < -0.3 is 11.1 Å². The average molecular weight is 348 g/mol. The summed E-state index contributed by atoms with van der Waals surface area (Å²) in [5.41, 5.74) is 9.53. The largest absolute Gasteiger partial charge is 0.399 e. The lowest BCUT2D eigenvalue weighted by atomic mass is 10.2. The third-order valence-electron chi connectivity index (χ3n) is 2.74. The second kappa shape index (κ2) is 6.54. The summed E-state index contributed by atoms with van der Waals surface area (Å²) in [5.74, 6) is 0. The van der Waals surface area contributed by atoms with Crippen LogP contribution in [0.25, 0.3) is 11.3 Å². The number of hydrogen-bond acceptors (Lipinski definition) is 4. The first kappa shape index (κ1) is 14.6. The zero-order chi connectivity index (χ0) is 13.1. The fourth-order valence-electron chi connectivity index (χ4n) is 1.76. The van der Waals surface area contributed by atoms with Crippen LogP contribution in [0.3, 0.4) is 0 Å². The molecule has 0 saturated heterocycles. The zero-order valence-electron chi connectivity index (χ0n) is 10.6. The molecule has 2 aromatic carbocycles. The van der Waals surface area contributed by atoms with Gasteiger partial charge in [0, 0.05) is 22.3 Å². The van der Waals surface area contributed by atoms with E-state index in [1.807, 2.05) is 42.5 Å². The van der Waals surface area contributed by atoms with Gasteiger partial charge in [-0.1, -0.05) is 30.3 Å². The quantitative estimate of drug-likeness (QED) is 0.674. The van der Waals surface area contributed by atoms with Crippen molar-refractivity contribution in [3.05, 3.63) is 60.0 Å². The van der Waals surface area contributed by atoms with E-state index in [4.69, 9.17) is 5.73 Å². The molecular weight excluding hydrogens is 334 g/mol. The van der Waals surface area contributed by atoms with Gasteiger partial charge >= 0.3 is 0 Å². The standard InChI is InChI=1S/C15H13N3S.BrH/c16-12-6-8-13(9-7-12)17-15-18-14(10-19-15)11-4-2-1-3-5-11;/h1-10H,16H2,(H,17,18);1H. The lowest BCUT2D eigenvalue weighted by molar-refractivity contribution is 1.38. The first-order valence-electron chi connectivity index (χ1n) is 5.95. The summed E-state index contributed by atoms with van der Waals surface area (Å²) >= 11 is 1.59. The van der Waals surface area contributed by atoms with E-state index in [0.29, 0.717) is 0 Å². The van der Waals surface area contributed by atoms with Crippen molar-refractivity contribution in [3.8, 4) is 11.3 Å². The Labute approximate surface area is 132 Å². The molecule has 1 heterocycles. The van der Waals surface area contributed by atoms with Crippen LogP contribution in [-0.2, 0) is 0 Å². The molecule has 0 bridgehead atoms. The number of nitrogen functional groups attached to an aromatic ring is 1. The molecule has 0 atom stereocenters. The number of halogens is 1. The Morgan fingerprint density at radius 3 is 2.35 bits per heavy atom. The van der Waals surface area contributed by atoms with Crippen molar-refractivity contribution in [1.82, 2.24) is 4.98 Å². The summed E-state index contributed by atoms with van der Waals surface area (Å²) < 4.78 is 0. The van der Waals surface area contributed by atoms with Crippen LogP contribution in [0.1, 0.15) is 0 Å². The maximum absolute atomic E-state index is 5.66. The van der Waals surface area contributed by atoms with E-state index in [1.165, 1.54) is 0 Å². The monoisotopic (exact) mass is 347 g/mol. The number of thiazole rings is 1. The van der Waals surface area contributed by atoms with E-state index in [1.54, 1.807) is 11.3 Å². The van der Waals surface area contributed by atoms with Gasteiger partial charge in [-0.25, -0.2) is 4.98 Å². The number of nitrogens with zero attached hydrogens (tertiary/aromatic N) is 1. The van der Waals surface area contributed by atoms with Crippen molar-refractivity contribution in [2.75, 3.05) is 11.1 Å². The van der Waals surface area contributed by atoms with Gasteiger partial charge in [-0.05, 0) is 24.3 Å². The Bertz CT molecular complexity index is 665. The van der Waals surface area contributed by atoms with Crippen molar-refractivity contribution < 1.29 is 0 Å². The number of anilines is 3. The molecule has 20 heavy (non-hydrogen) atoms. The third kappa shape index (κ3) is 3.37. The van der Waals surface area contributed by atoms with Gasteiger partial charge in [-0.3, -0.25) is 0 Å². The molecule has 102 valence electrons. The number of benzene rings is 2. The van der Waals surface area contributed by atoms with Gasteiger partial charge in [0.2, 0.25) is 0 Å². The Morgan fingerprint density at radius 1 is 0.950 bits per heavy atom. The summed E-state index contributed by atoms with van der Waals surface area (Å²) in [7, 11) is 0. The maximum Gasteiger partial charge on any atom is 0.187 e. The molecule has 3 nitrogen and oxygen atoms in total. The van der Waals surface area contributed by atoms with Crippen molar-refractivity contribution in [1.29, 1.82) is 0 Å². The van der Waals surface area contributed by atoms with Gasteiger partial charge in [-0.15, -0.1) is 28.3 Å². The Morgan fingerprint density at radius 2 is 1.65 bits per heavy atom.